The van der Waals surface area contributed by atoms with E-state index in [1.807, 2.05) is 13.8 Å². The largest absolute Gasteiger partial charge is 0.501 e. The molecule has 1 aromatic carbocycles. The first-order valence-electron chi connectivity index (χ1n) is 4.20. The Morgan fingerprint density at radius 2 is 2.07 bits per heavy atom. The maximum atomic E-state index is 10.5. The van der Waals surface area contributed by atoms with Crippen molar-refractivity contribution >= 4 is 11.4 Å². The summed E-state index contributed by atoms with van der Waals surface area (Å²) >= 11 is 0. The average Bonchev–Trinajstić information content (AvgIpc) is 2.08. The van der Waals surface area contributed by atoms with E-state index in [-0.39, 0.29) is 17.3 Å². The van der Waals surface area contributed by atoms with Gasteiger partial charge in [0.15, 0.2) is 0 Å². The van der Waals surface area contributed by atoms with Crippen molar-refractivity contribution in [1.29, 1.82) is 0 Å². The molecule has 0 atom stereocenters. The second kappa shape index (κ2) is 3.53. The third-order valence-corrected chi connectivity index (χ3v) is 2.00. The number of rotatable bonds is 2. The van der Waals surface area contributed by atoms with Crippen LogP contribution in [0.2, 0.25) is 0 Å². The fourth-order valence-corrected chi connectivity index (χ4v) is 1.14. The minimum absolute atomic E-state index is 0.0444. The lowest BCUT2D eigenvalue weighted by atomic mass is 10.0. The van der Waals surface area contributed by atoms with E-state index in [0.717, 1.165) is 5.56 Å². The molecule has 0 unspecified atom stereocenters. The number of nitro benzene ring substituents is 1. The van der Waals surface area contributed by atoms with Gasteiger partial charge >= 0.3 is 5.69 Å². The molecule has 0 aliphatic carbocycles. The number of phenols is 1. The summed E-state index contributed by atoms with van der Waals surface area (Å²) in [5.41, 5.74) is 5.89. The first kappa shape index (κ1) is 10.3. The molecule has 0 fully saturated rings. The Bertz CT molecular complexity index is 375. The summed E-state index contributed by atoms with van der Waals surface area (Å²) in [6.07, 6.45) is 0. The standard InChI is InChI=1S/C9H12N2O3/c1-5(2)6-3-7(10)9(12)8(4-6)11(13)14/h3-5,12H,10H2,1-2H3. The Labute approximate surface area is 81.3 Å². The van der Waals surface area contributed by atoms with Crippen LogP contribution in [0, 0.1) is 10.1 Å². The van der Waals surface area contributed by atoms with Crippen molar-refractivity contribution in [3.63, 3.8) is 0 Å². The maximum absolute atomic E-state index is 10.5. The van der Waals surface area contributed by atoms with Gasteiger partial charge in [-0.05, 0) is 17.5 Å². The lowest BCUT2D eigenvalue weighted by Crippen LogP contribution is -1.97. The Hall–Kier alpha value is -1.78. The van der Waals surface area contributed by atoms with Crippen LogP contribution in [0.25, 0.3) is 0 Å². The maximum Gasteiger partial charge on any atom is 0.313 e. The molecule has 14 heavy (non-hydrogen) atoms. The number of nitro groups is 1. The highest BCUT2D eigenvalue weighted by Gasteiger charge is 2.18. The Morgan fingerprint density at radius 1 is 1.50 bits per heavy atom. The van der Waals surface area contributed by atoms with Gasteiger partial charge in [-0.25, -0.2) is 0 Å². The number of phenolic OH excluding ortho intramolecular Hbond substituents is 1. The van der Waals surface area contributed by atoms with Crippen molar-refractivity contribution in [2.75, 3.05) is 5.73 Å². The Balaban J connectivity index is 3.35. The fraction of sp³-hybridized carbons (Fsp3) is 0.333. The highest BCUT2D eigenvalue weighted by atomic mass is 16.6. The van der Waals surface area contributed by atoms with Gasteiger partial charge in [-0.1, -0.05) is 13.8 Å². The number of nitrogens with zero attached hydrogens (tertiary/aromatic N) is 1. The number of aromatic hydroxyl groups is 1. The first-order chi connectivity index (χ1) is 6.43. The van der Waals surface area contributed by atoms with Gasteiger partial charge in [0.25, 0.3) is 0 Å². The molecule has 0 radical (unpaired) electrons. The molecular formula is C9H12N2O3. The molecule has 0 heterocycles. The number of nitrogens with two attached hydrogens (primary N) is 1. The van der Waals surface area contributed by atoms with Gasteiger partial charge in [-0.15, -0.1) is 0 Å². The number of benzene rings is 1. The zero-order chi connectivity index (χ0) is 10.9. The van der Waals surface area contributed by atoms with E-state index in [0.29, 0.717) is 0 Å². The van der Waals surface area contributed by atoms with Gasteiger partial charge in [-0.2, -0.15) is 0 Å². The van der Waals surface area contributed by atoms with Crippen molar-refractivity contribution in [3.05, 3.63) is 27.8 Å². The normalized spacial score (nSPS) is 10.5. The number of hydrogen-bond donors (Lipinski definition) is 2. The zero-order valence-electron chi connectivity index (χ0n) is 8.02. The summed E-state index contributed by atoms with van der Waals surface area (Å²) < 4.78 is 0. The predicted octanol–water partition coefficient (Wildman–Crippen LogP) is 2.01. The van der Waals surface area contributed by atoms with Crippen LogP contribution in [-0.4, -0.2) is 10.0 Å². The first-order valence-corrected chi connectivity index (χ1v) is 4.20. The molecule has 0 saturated heterocycles. The van der Waals surface area contributed by atoms with Crippen molar-refractivity contribution < 1.29 is 10.0 Å². The SMILES string of the molecule is CC(C)c1cc(N)c(O)c([N+](=O)[O-])c1. The molecule has 0 bridgehead atoms. The van der Waals surface area contributed by atoms with Crippen LogP contribution in [0.5, 0.6) is 5.75 Å². The molecule has 0 saturated carbocycles. The van der Waals surface area contributed by atoms with Gasteiger partial charge in [0, 0.05) is 6.07 Å². The van der Waals surface area contributed by atoms with Crippen molar-refractivity contribution in [3.8, 4) is 5.75 Å². The molecule has 5 nitrogen and oxygen atoms in total. The van der Waals surface area contributed by atoms with Crippen LogP contribution in [0.3, 0.4) is 0 Å². The van der Waals surface area contributed by atoms with Crippen LogP contribution in [-0.2, 0) is 0 Å². The highest BCUT2D eigenvalue weighted by Crippen LogP contribution is 2.35. The van der Waals surface area contributed by atoms with Crippen molar-refractivity contribution in [1.82, 2.24) is 0 Å². The molecule has 3 N–H and O–H groups in total. The second-order valence-corrected chi connectivity index (χ2v) is 3.39. The molecule has 1 rings (SSSR count). The molecule has 0 amide bonds. The summed E-state index contributed by atoms with van der Waals surface area (Å²) in [7, 11) is 0. The van der Waals surface area contributed by atoms with E-state index in [2.05, 4.69) is 0 Å². The van der Waals surface area contributed by atoms with Gasteiger partial charge in [0.2, 0.25) is 5.75 Å². The lowest BCUT2D eigenvalue weighted by molar-refractivity contribution is -0.385. The van der Waals surface area contributed by atoms with Crippen LogP contribution in [0.4, 0.5) is 11.4 Å². The third-order valence-electron chi connectivity index (χ3n) is 2.00. The third kappa shape index (κ3) is 1.76. The Morgan fingerprint density at radius 3 is 2.50 bits per heavy atom. The second-order valence-electron chi connectivity index (χ2n) is 3.39. The quantitative estimate of drug-likeness (QED) is 0.327. The monoisotopic (exact) mass is 196 g/mol. The molecule has 1 aromatic rings. The molecule has 0 aliphatic heterocycles. The number of nitrogen functional groups attached to an aromatic ring is 1. The highest BCUT2D eigenvalue weighted by molar-refractivity contribution is 5.65. The van der Waals surface area contributed by atoms with Crippen LogP contribution in [0.15, 0.2) is 12.1 Å². The molecule has 76 valence electrons. The summed E-state index contributed by atoms with van der Waals surface area (Å²) in [4.78, 5) is 9.90. The molecule has 0 aromatic heterocycles. The average molecular weight is 196 g/mol. The number of anilines is 1. The smallest absolute Gasteiger partial charge is 0.313 e. The van der Waals surface area contributed by atoms with E-state index >= 15 is 0 Å². The van der Waals surface area contributed by atoms with Gasteiger partial charge in [0.05, 0.1) is 10.6 Å². The molecule has 0 spiro atoms. The minimum Gasteiger partial charge on any atom is -0.501 e. The van der Waals surface area contributed by atoms with Crippen LogP contribution in [0.1, 0.15) is 25.3 Å². The zero-order valence-corrected chi connectivity index (χ0v) is 8.02. The van der Waals surface area contributed by atoms with E-state index in [4.69, 9.17) is 5.73 Å². The lowest BCUT2D eigenvalue weighted by Gasteiger charge is -2.07. The predicted molar refractivity (Wildman–Crippen MR) is 53.3 cm³/mol. The van der Waals surface area contributed by atoms with E-state index in [9.17, 15) is 15.2 Å². The molecular weight excluding hydrogens is 184 g/mol. The van der Waals surface area contributed by atoms with Crippen molar-refractivity contribution in [2.24, 2.45) is 0 Å². The summed E-state index contributed by atoms with van der Waals surface area (Å²) in [6, 6.07) is 2.89. The van der Waals surface area contributed by atoms with Crippen LogP contribution >= 0.6 is 0 Å². The van der Waals surface area contributed by atoms with Gasteiger partial charge < -0.3 is 10.8 Å². The Kier molecular flexibility index (Phi) is 2.60. The molecule has 5 heteroatoms. The van der Waals surface area contributed by atoms with Gasteiger partial charge in [-0.3, -0.25) is 10.1 Å². The fourth-order valence-electron chi connectivity index (χ4n) is 1.14. The van der Waals surface area contributed by atoms with E-state index in [1.165, 1.54) is 6.07 Å². The van der Waals surface area contributed by atoms with Crippen molar-refractivity contribution in [2.45, 2.75) is 19.8 Å². The van der Waals surface area contributed by atoms with Crippen LogP contribution < -0.4 is 5.73 Å². The van der Waals surface area contributed by atoms with E-state index < -0.39 is 10.7 Å². The summed E-state index contributed by atoms with van der Waals surface area (Å²) in [5.74, 6) is -0.323. The summed E-state index contributed by atoms with van der Waals surface area (Å²) in [6.45, 7) is 3.80. The van der Waals surface area contributed by atoms with Gasteiger partial charge in [0.1, 0.15) is 0 Å². The number of hydrogen-bond acceptors (Lipinski definition) is 4. The summed E-state index contributed by atoms with van der Waals surface area (Å²) in [5, 5.41) is 19.8. The molecule has 0 aliphatic rings. The van der Waals surface area contributed by atoms with E-state index in [1.54, 1.807) is 6.07 Å². The minimum atomic E-state index is -0.641. The topological polar surface area (TPSA) is 89.4 Å².